The van der Waals surface area contributed by atoms with Gasteiger partial charge in [0.1, 0.15) is 0 Å². The number of nitrogens with zero attached hydrogens (tertiary/aromatic N) is 3. The molecular weight excluding hydrogens is 558 g/mol. The van der Waals surface area contributed by atoms with Crippen molar-refractivity contribution in [3.05, 3.63) is 36.5 Å². The van der Waals surface area contributed by atoms with Crippen LogP contribution in [0.25, 0.3) is 0 Å². The Balaban J connectivity index is 1.53. The fourth-order valence-corrected chi connectivity index (χ4v) is 4.29. The van der Waals surface area contributed by atoms with Crippen molar-refractivity contribution in [1.82, 2.24) is 14.7 Å². The van der Waals surface area contributed by atoms with Gasteiger partial charge in [-0.3, -0.25) is 43.5 Å². The molecule has 0 aromatic heterocycles. The molecule has 3 unspecified atom stereocenters. The predicted molar refractivity (Wildman–Crippen MR) is 141 cm³/mol. The zero-order chi connectivity index (χ0) is 30.9. The van der Waals surface area contributed by atoms with Crippen molar-refractivity contribution in [3.63, 3.8) is 0 Å². The Morgan fingerprint density at radius 1 is 0.548 bits per heavy atom. The van der Waals surface area contributed by atoms with Crippen LogP contribution < -0.4 is 0 Å². The molecule has 0 saturated carbocycles. The van der Waals surface area contributed by atoms with Gasteiger partial charge in [-0.1, -0.05) is 6.92 Å². The Bertz CT molecular complexity index is 959. The molecule has 0 aliphatic carbocycles. The van der Waals surface area contributed by atoms with Gasteiger partial charge in [0, 0.05) is 41.9 Å². The van der Waals surface area contributed by atoms with Crippen LogP contribution in [0.4, 0.5) is 0 Å². The molecule has 0 bridgehead atoms. The minimum Gasteiger partial charge on any atom is -0.389 e. The van der Waals surface area contributed by atoms with Crippen LogP contribution in [0.3, 0.4) is 0 Å². The Morgan fingerprint density at radius 2 is 0.786 bits per heavy atom. The average Bonchev–Trinajstić information content (AvgIpc) is 3.56. The van der Waals surface area contributed by atoms with Crippen LogP contribution in [0, 0.1) is 5.41 Å². The highest BCUT2D eigenvalue weighted by molar-refractivity contribution is 6.14. The summed E-state index contributed by atoms with van der Waals surface area (Å²) >= 11 is 0. The van der Waals surface area contributed by atoms with E-state index in [0.29, 0.717) is 6.42 Å². The standard InChI is InChI=1S/C27H35N3O12/c1-2-27(15-40-12-18(31)9-28-21(34)3-4-22(28)35,16-41-13-19(32)10-29-23(36)5-6-24(29)37)17-42-14-20(33)11-30-25(38)7-8-26(30)39/h3-8,18-20,31-33H,2,9-17H2,1H3. The summed E-state index contributed by atoms with van der Waals surface area (Å²) in [5, 5.41) is 30.9. The van der Waals surface area contributed by atoms with E-state index >= 15 is 0 Å². The molecule has 0 saturated heterocycles. The molecule has 3 aliphatic rings. The highest BCUT2D eigenvalue weighted by atomic mass is 16.5. The average molecular weight is 594 g/mol. The molecular formula is C27H35N3O12. The number of aliphatic hydroxyl groups excluding tert-OH is 3. The number of hydrogen-bond donors (Lipinski definition) is 3. The molecule has 3 atom stereocenters. The van der Waals surface area contributed by atoms with Gasteiger partial charge in [0.05, 0.1) is 77.6 Å². The number of carbonyl (C=O) groups is 6. The lowest BCUT2D eigenvalue weighted by molar-refractivity contribution is -0.140. The third kappa shape index (κ3) is 8.95. The minimum absolute atomic E-state index is 0.0348. The van der Waals surface area contributed by atoms with E-state index in [0.717, 1.165) is 51.2 Å². The maximum atomic E-state index is 11.7. The lowest BCUT2D eigenvalue weighted by Crippen LogP contribution is -2.43. The van der Waals surface area contributed by atoms with E-state index in [1.807, 2.05) is 6.92 Å². The quantitative estimate of drug-likeness (QED) is 0.131. The van der Waals surface area contributed by atoms with Gasteiger partial charge in [0.15, 0.2) is 0 Å². The maximum Gasteiger partial charge on any atom is 0.253 e. The molecule has 0 aromatic carbocycles. The van der Waals surface area contributed by atoms with Gasteiger partial charge in [0.25, 0.3) is 35.4 Å². The summed E-state index contributed by atoms with van der Waals surface area (Å²) in [5.74, 6) is -3.24. The smallest absolute Gasteiger partial charge is 0.253 e. The summed E-state index contributed by atoms with van der Waals surface area (Å²) in [7, 11) is 0. The zero-order valence-electron chi connectivity index (χ0n) is 23.1. The highest BCUT2D eigenvalue weighted by Crippen LogP contribution is 2.25. The van der Waals surface area contributed by atoms with Crippen molar-refractivity contribution in [2.75, 3.05) is 59.3 Å². The van der Waals surface area contributed by atoms with E-state index in [9.17, 15) is 44.1 Å². The Hall–Kier alpha value is -3.60. The van der Waals surface area contributed by atoms with Crippen LogP contribution in [0.2, 0.25) is 0 Å². The van der Waals surface area contributed by atoms with Crippen molar-refractivity contribution in [1.29, 1.82) is 0 Å². The number of β-amino-alcohol motifs (C(OH)–C–C–N with tert-alkyl or cyclic N) is 3. The summed E-state index contributed by atoms with van der Waals surface area (Å²) < 4.78 is 17.1. The molecule has 15 nitrogen and oxygen atoms in total. The summed E-state index contributed by atoms with van der Waals surface area (Å²) in [6.07, 6.45) is 3.51. The lowest BCUT2D eigenvalue weighted by atomic mass is 9.88. The molecule has 0 aromatic rings. The molecule has 0 spiro atoms. The largest absolute Gasteiger partial charge is 0.389 e. The summed E-state index contributed by atoms with van der Waals surface area (Å²) in [6, 6.07) is 0. The van der Waals surface area contributed by atoms with Crippen LogP contribution in [0.15, 0.2) is 36.5 Å². The predicted octanol–water partition coefficient (Wildman–Crippen LogP) is -2.71. The van der Waals surface area contributed by atoms with Gasteiger partial charge in [-0.05, 0) is 6.42 Å². The second kappa shape index (κ2) is 15.0. The Morgan fingerprint density at radius 3 is 1.00 bits per heavy atom. The molecule has 3 heterocycles. The summed E-state index contributed by atoms with van der Waals surface area (Å²) in [5.41, 5.74) is -0.873. The SMILES string of the molecule is CCC(COCC(O)CN1C(=O)C=CC1=O)(COCC(O)CN1C(=O)C=CC1=O)COCC(O)CN1C(=O)C=CC1=O. The summed E-state index contributed by atoms with van der Waals surface area (Å²) in [6.45, 7) is 0.218. The Labute approximate surface area is 241 Å². The third-order valence-electron chi connectivity index (χ3n) is 6.79. The first-order valence-corrected chi connectivity index (χ1v) is 13.3. The van der Waals surface area contributed by atoms with E-state index in [1.165, 1.54) is 0 Å². The number of rotatable bonds is 19. The molecule has 0 fully saturated rings. The fourth-order valence-electron chi connectivity index (χ4n) is 4.29. The van der Waals surface area contributed by atoms with E-state index in [1.54, 1.807) is 0 Å². The van der Waals surface area contributed by atoms with E-state index in [-0.39, 0.29) is 59.3 Å². The monoisotopic (exact) mass is 593 g/mol. The van der Waals surface area contributed by atoms with Crippen LogP contribution in [-0.2, 0) is 43.0 Å². The van der Waals surface area contributed by atoms with E-state index in [2.05, 4.69) is 0 Å². The molecule has 3 rings (SSSR count). The molecule has 0 radical (unpaired) electrons. The van der Waals surface area contributed by atoms with Crippen LogP contribution in [0.1, 0.15) is 13.3 Å². The molecule has 3 N–H and O–H groups in total. The topological polar surface area (TPSA) is 201 Å². The molecule has 6 amide bonds. The second-order valence-electron chi connectivity index (χ2n) is 10.2. The Kier molecular flexibility index (Phi) is 11.8. The van der Waals surface area contributed by atoms with E-state index < -0.39 is 59.2 Å². The van der Waals surface area contributed by atoms with Crippen LogP contribution in [-0.4, -0.2) is 143 Å². The third-order valence-corrected chi connectivity index (χ3v) is 6.79. The highest BCUT2D eigenvalue weighted by Gasteiger charge is 2.33. The van der Waals surface area contributed by atoms with Gasteiger partial charge in [0.2, 0.25) is 0 Å². The van der Waals surface area contributed by atoms with Crippen LogP contribution in [0.5, 0.6) is 0 Å². The normalized spacial score (nSPS) is 20.4. The number of amides is 6. The van der Waals surface area contributed by atoms with Crippen molar-refractivity contribution >= 4 is 35.4 Å². The number of carbonyl (C=O) groups excluding carboxylic acids is 6. The zero-order valence-corrected chi connectivity index (χ0v) is 23.1. The van der Waals surface area contributed by atoms with Gasteiger partial charge in [-0.2, -0.15) is 0 Å². The minimum atomic E-state index is -1.17. The number of hydrogen-bond acceptors (Lipinski definition) is 12. The van der Waals surface area contributed by atoms with Gasteiger partial charge in [-0.15, -0.1) is 0 Å². The van der Waals surface area contributed by atoms with Gasteiger partial charge >= 0.3 is 0 Å². The second-order valence-corrected chi connectivity index (χ2v) is 10.2. The van der Waals surface area contributed by atoms with Crippen molar-refractivity contribution in [2.24, 2.45) is 5.41 Å². The molecule has 42 heavy (non-hydrogen) atoms. The molecule has 3 aliphatic heterocycles. The fraction of sp³-hybridized carbons (Fsp3) is 0.556. The van der Waals surface area contributed by atoms with Crippen LogP contribution >= 0.6 is 0 Å². The number of aliphatic hydroxyl groups is 3. The first kappa shape index (κ1) is 32.9. The lowest BCUT2D eigenvalue weighted by Gasteiger charge is -2.33. The maximum absolute atomic E-state index is 11.7. The number of imide groups is 3. The van der Waals surface area contributed by atoms with Crippen molar-refractivity contribution in [3.8, 4) is 0 Å². The van der Waals surface area contributed by atoms with E-state index in [4.69, 9.17) is 14.2 Å². The molecule has 230 valence electrons. The van der Waals surface area contributed by atoms with Gasteiger partial charge in [-0.25, -0.2) is 0 Å². The molecule has 15 heteroatoms. The van der Waals surface area contributed by atoms with Crippen molar-refractivity contribution in [2.45, 2.75) is 31.7 Å². The van der Waals surface area contributed by atoms with Gasteiger partial charge < -0.3 is 29.5 Å². The first-order valence-electron chi connectivity index (χ1n) is 13.3. The summed E-state index contributed by atoms with van der Waals surface area (Å²) in [4.78, 5) is 73.1. The first-order chi connectivity index (χ1) is 19.9. The van der Waals surface area contributed by atoms with Crippen molar-refractivity contribution < 1.29 is 58.3 Å². The number of ether oxygens (including phenoxy) is 3.